The van der Waals surface area contributed by atoms with E-state index >= 15 is 0 Å². The molecule has 0 amide bonds. The number of benzene rings is 2. The summed E-state index contributed by atoms with van der Waals surface area (Å²) in [7, 11) is 0. The number of ketones is 1. The molecule has 0 saturated carbocycles. The summed E-state index contributed by atoms with van der Waals surface area (Å²) in [5.74, 6) is -0.0552. The van der Waals surface area contributed by atoms with Gasteiger partial charge in [-0.25, -0.2) is 0 Å². The molecule has 0 radical (unpaired) electrons. The van der Waals surface area contributed by atoms with E-state index in [0.29, 0.717) is 12.0 Å². The van der Waals surface area contributed by atoms with Crippen molar-refractivity contribution in [3.05, 3.63) is 71.3 Å². The van der Waals surface area contributed by atoms with E-state index in [1.54, 1.807) is 0 Å². The molecule has 22 heavy (non-hydrogen) atoms. The van der Waals surface area contributed by atoms with Gasteiger partial charge in [0.1, 0.15) is 0 Å². The molecule has 0 aliphatic rings. The van der Waals surface area contributed by atoms with E-state index in [-0.39, 0.29) is 11.7 Å². The van der Waals surface area contributed by atoms with Gasteiger partial charge in [-0.15, -0.1) is 0 Å². The van der Waals surface area contributed by atoms with E-state index in [1.807, 2.05) is 37.3 Å². The fourth-order valence-corrected chi connectivity index (χ4v) is 2.41. The molecular formula is C18H17F3O. The largest absolute Gasteiger partial charge is 0.416 e. The third-order valence-corrected chi connectivity index (χ3v) is 3.73. The predicted octanol–water partition coefficient (Wildman–Crippen LogP) is 5.47. The Balaban J connectivity index is 2.11. The molecule has 0 heterocycles. The number of carbonyl (C=O) groups excluding carboxylic acids is 1. The van der Waals surface area contributed by atoms with E-state index < -0.39 is 11.7 Å². The number of hydrogen-bond acceptors (Lipinski definition) is 1. The van der Waals surface area contributed by atoms with Gasteiger partial charge < -0.3 is 0 Å². The Morgan fingerprint density at radius 1 is 1.00 bits per heavy atom. The molecule has 2 rings (SSSR count). The fraction of sp³-hybridized carbons (Fsp3) is 0.278. The molecule has 1 atom stereocenters. The summed E-state index contributed by atoms with van der Waals surface area (Å²) in [6, 6.07) is 14.1. The van der Waals surface area contributed by atoms with Crippen LogP contribution in [0.15, 0.2) is 54.6 Å². The summed E-state index contributed by atoms with van der Waals surface area (Å²) in [6.07, 6.45) is -3.28. The molecule has 0 aliphatic carbocycles. The minimum atomic E-state index is -4.38. The minimum absolute atomic E-state index is 0.0796. The van der Waals surface area contributed by atoms with Gasteiger partial charge in [-0.1, -0.05) is 49.4 Å². The van der Waals surface area contributed by atoms with Gasteiger partial charge in [0.25, 0.3) is 0 Å². The standard InChI is InChI=1S/C18H17F3O/c1-2-13(14-6-4-3-5-7-14)12-17(22)15-8-10-16(11-9-15)18(19,20)21/h3-11,13H,2,12H2,1H3/t13-/m0/s1. The molecule has 0 N–H and O–H groups in total. The second-order valence-corrected chi connectivity index (χ2v) is 5.22. The van der Waals surface area contributed by atoms with Gasteiger partial charge in [0.2, 0.25) is 0 Å². The summed E-state index contributed by atoms with van der Waals surface area (Å²) in [4.78, 5) is 12.3. The van der Waals surface area contributed by atoms with Crippen molar-refractivity contribution in [2.45, 2.75) is 31.9 Å². The maximum atomic E-state index is 12.5. The van der Waals surface area contributed by atoms with Crippen LogP contribution < -0.4 is 0 Å². The zero-order chi connectivity index (χ0) is 16.2. The van der Waals surface area contributed by atoms with Crippen molar-refractivity contribution in [1.82, 2.24) is 0 Å². The van der Waals surface area contributed by atoms with Crippen LogP contribution in [0.2, 0.25) is 0 Å². The Hall–Kier alpha value is -2.10. The Labute approximate surface area is 127 Å². The Morgan fingerprint density at radius 3 is 2.09 bits per heavy atom. The molecule has 0 saturated heterocycles. The lowest BCUT2D eigenvalue weighted by atomic mass is 9.89. The first-order valence-corrected chi connectivity index (χ1v) is 7.17. The highest BCUT2D eigenvalue weighted by atomic mass is 19.4. The monoisotopic (exact) mass is 306 g/mol. The average Bonchev–Trinajstić information content (AvgIpc) is 2.52. The predicted molar refractivity (Wildman–Crippen MR) is 79.9 cm³/mol. The molecular weight excluding hydrogens is 289 g/mol. The third kappa shape index (κ3) is 3.97. The van der Waals surface area contributed by atoms with E-state index in [2.05, 4.69) is 0 Å². The lowest BCUT2D eigenvalue weighted by Gasteiger charge is -2.15. The van der Waals surface area contributed by atoms with Gasteiger partial charge >= 0.3 is 6.18 Å². The van der Waals surface area contributed by atoms with Gasteiger partial charge in [-0.2, -0.15) is 13.2 Å². The van der Waals surface area contributed by atoms with Crippen LogP contribution in [-0.2, 0) is 6.18 Å². The maximum absolute atomic E-state index is 12.5. The van der Waals surface area contributed by atoms with Crippen molar-refractivity contribution >= 4 is 5.78 Å². The Morgan fingerprint density at radius 2 is 1.59 bits per heavy atom. The van der Waals surface area contributed by atoms with Crippen molar-refractivity contribution in [3.8, 4) is 0 Å². The van der Waals surface area contributed by atoms with Crippen molar-refractivity contribution in [2.24, 2.45) is 0 Å². The smallest absolute Gasteiger partial charge is 0.294 e. The highest BCUT2D eigenvalue weighted by Crippen LogP contribution is 2.30. The molecule has 0 aromatic heterocycles. The summed E-state index contributed by atoms with van der Waals surface area (Å²) < 4.78 is 37.6. The lowest BCUT2D eigenvalue weighted by Crippen LogP contribution is -2.09. The van der Waals surface area contributed by atoms with Gasteiger partial charge in [0.15, 0.2) is 5.78 Å². The van der Waals surface area contributed by atoms with Crippen LogP contribution in [0.4, 0.5) is 13.2 Å². The van der Waals surface area contributed by atoms with Crippen molar-refractivity contribution in [3.63, 3.8) is 0 Å². The molecule has 2 aromatic rings. The van der Waals surface area contributed by atoms with E-state index in [1.165, 1.54) is 12.1 Å². The van der Waals surface area contributed by atoms with Crippen molar-refractivity contribution < 1.29 is 18.0 Å². The second-order valence-electron chi connectivity index (χ2n) is 5.22. The average molecular weight is 306 g/mol. The molecule has 0 fully saturated rings. The first-order chi connectivity index (χ1) is 10.4. The molecule has 4 heteroatoms. The maximum Gasteiger partial charge on any atom is 0.416 e. The normalized spacial score (nSPS) is 12.9. The van der Waals surface area contributed by atoms with Gasteiger partial charge in [-0.05, 0) is 30.0 Å². The number of Topliss-reactive ketones (excluding diaryl/α,β-unsaturated/α-hetero) is 1. The summed E-state index contributed by atoms with van der Waals surface area (Å²) in [5, 5.41) is 0. The quantitative estimate of drug-likeness (QED) is 0.669. The number of alkyl halides is 3. The molecule has 2 aromatic carbocycles. The van der Waals surface area contributed by atoms with Crippen LogP contribution in [0.1, 0.15) is 47.2 Å². The first kappa shape index (κ1) is 16.3. The molecule has 116 valence electrons. The lowest BCUT2D eigenvalue weighted by molar-refractivity contribution is -0.137. The van der Waals surface area contributed by atoms with E-state index in [0.717, 1.165) is 24.1 Å². The number of rotatable bonds is 5. The molecule has 0 bridgehead atoms. The van der Waals surface area contributed by atoms with Gasteiger partial charge in [0, 0.05) is 12.0 Å². The van der Waals surface area contributed by atoms with Gasteiger partial charge in [-0.3, -0.25) is 4.79 Å². The zero-order valence-electron chi connectivity index (χ0n) is 12.2. The van der Waals surface area contributed by atoms with Crippen LogP contribution in [0.5, 0.6) is 0 Å². The SMILES string of the molecule is CC[C@@H](CC(=O)c1ccc(C(F)(F)F)cc1)c1ccccc1. The highest BCUT2D eigenvalue weighted by molar-refractivity contribution is 5.96. The number of carbonyl (C=O) groups is 1. The Bertz CT molecular complexity index is 615. The minimum Gasteiger partial charge on any atom is -0.294 e. The summed E-state index contributed by atoms with van der Waals surface area (Å²) in [6.45, 7) is 2.00. The van der Waals surface area contributed by atoms with Crippen LogP contribution in [-0.4, -0.2) is 5.78 Å². The molecule has 0 unspecified atom stereocenters. The molecule has 0 spiro atoms. The zero-order valence-corrected chi connectivity index (χ0v) is 12.2. The van der Waals surface area contributed by atoms with Crippen LogP contribution in [0.25, 0.3) is 0 Å². The van der Waals surface area contributed by atoms with Crippen LogP contribution in [0, 0.1) is 0 Å². The number of hydrogen-bond donors (Lipinski definition) is 0. The van der Waals surface area contributed by atoms with E-state index in [4.69, 9.17) is 0 Å². The van der Waals surface area contributed by atoms with Crippen molar-refractivity contribution in [1.29, 1.82) is 0 Å². The van der Waals surface area contributed by atoms with Crippen LogP contribution in [0.3, 0.4) is 0 Å². The first-order valence-electron chi connectivity index (χ1n) is 7.17. The van der Waals surface area contributed by atoms with Crippen molar-refractivity contribution in [2.75, 3.05) is 0 Å². The topological polar surface area (TPSA) is 17.1 Å². The Kier molecular flexibility index (Phi) is 5.01. The van der Waals surface area contributed by atoms with E-state index in [9.17, 15) is 18.0 Å². The summed E-state index contributed by atoms with van der Waals surface area (Å²) in [5.41, 5.74) is 0.659. The van der Waals surface area contributed by atoms with Gasteiger partial charge in [0.05, 0.1) is 5.56 Å². The molecule has 1 nitrogen and oxygen atoms in total. The fourth-order valence-electron chi connectivity index (χ4n) is 2.41. The second kappa shape index (κ2) is 6.77. The molecule has 0 aliphatic heterocycles. The number of halogens is 3. The highest BCUT2D eigenvalue weighted by Gasteiger charge is 2.30. The third-order valence-electron chi connectivity index (χ3n) is 3.73. The summed E-state index contributed by atoms with van der Waals surface area (Å²) >= 11 is 0. The van der Waals surface area contributed by atoms with Crippen LogP contribution >= 0.6 is 0 Å².